The largest absolute Gasteiger partial charge is 0.372 e. The number of hydrogen-bond acceptors (Lipinski definition) is 5. The zero-order chi connectivity index (χ0) is 21.6. The van der Waals surface area contributed by atoms with E-state index >= 15 is 0 Å². The van der Waals surface area contributed by atoms with Crippen molar-refractivity contribution in [3.63, 3.8) is 0 Å². The van der Waals surface area contributed by atoms with Crippen LogP contribution in [0.2, 0.25) is 0 Å². The molecule has 5 heteroatoms. The molecule has 1 aromatic heterocycles. The standard InChI is InChI=1S/C26H34N4S/c1-4-31-17-20-9-7-19(8-10-20)16-28-26-29-24-14-13-22(15-23(24)25(27-3)30-26)21-11-5-18(2)6-12-21/h5-6,11-15,19-20H,4,7-10,16-17H2,1-3H3,(H2,27,28,29,30). The van der Waals surface area contributed by atoms with Gasteiger partial charge < -0.3 is 10.6 Å². The Hall–Kier alpha value is -2.27. The maximum absolute atomic E-state index is 4.81. The second kappa shape index (κ2) is 10.4. The van der Waals surface area contributed by atoms with Gasteiger partial charge in [-0.15, -0.1) is 0 Å². The third kappa shape index (κ3) is 5.51. The van der Waals surface area contributed by atoms with Crippen molar-refractivity contribution >= 4 is 34.4 Å². The lowest BCUT2D eigenvalue weighted by molar-refractivity contribution is 0.304. The van der Waals surface area contributed by atoms with Gasteiger partial charge in [0.05, 0.1) is 5.52 Å². The number of rotatable bonds is 8. The number of anilines is 2. The van der Waals surface area contributed by atoms with Crippen LogP contribution in [0, 0.1) is 18.8 Å². The highest BCUT2D eigenvalue weighted by Crippen LogP contribution is 2.32. The third-order valence-electron chi connectivity index (χ3n) is 6.39. The second-order valence-corrected chi connectivity index (χ2v) is 9.99. The molecule has 0 atom stereocenters. The minimum atomic E-state index is 0.726. The number of thioether (sulfide) groups is 1. The van der Waals surface area contributed by atoms with Gasteiger partial charge >= 0.3 is 0 Å². The number of hydrogen-bond donors (Lipinski definition) is 2. The van der Waals surface area contributed by atoms with Crippen LogP contribution in [0.25, 0.3) is 22.0 Å². The van der Waals surface area contributed by atoms with Crippen LogP contribution < -0.4 is 10.6 Å². The van der Waals surface area contributed by atoms with Crippen LogP contribution in [0.4, 0.5) is 11.8 Å². The van der Waals surface area contributed by atoms with Gasteiger partial charge in [-0.05, 0) is 79.2 Å². The van der Waals surface area contributed by atoms with E-state index in [4.69, 9.17) is 9.97 Å². The molecule has 1 aliphatic carbocycles. The van der Waals surface area contributed by atoms with E-state index in [1.54, 1.807) is 0 Å². The highest BCUT2D eigenvalue weighted by atomic mass is 32.2. The summed E-state index contributed by atoms with van der Waals surface area (Å²) in [5, 5.41) is 7.85. The zero-order valence-corrected chi connectivity index (χ0v) is 19.8. The number of fused-ring (bicyclic) bond motifs is 1. The van der Waals surface area contributed by atoms with Crippen molar-refractivity contribution in [3.05, 3.63) is 48.0 Å². The molecule has 0 spiro atoms. The van der Waals surface area contributed by atoms with E-state index in [-0.39, 0.29) is 0 Å². The van der Waals surface area contributed by atoms with Crippen molar-refractivity contribution in [1.29, 1.82) is 0 Å². The summed E-state index contributed by atoms with van der Waals surface area (Å²) in [5.74, 6) is 5.81. The highest BCUT2D eigenvalue weighted by Gasteiger charge is 2.21. The first-order chi connectivity index (χ1) is 15.2. The minimum absolute atomic E-state index is 0.726. The van der Waals surface area contributed by atoms with Crippen molar-refractivity contribution in [1.82, 2.24) is 9.97 Å². The van der Waals surface area contributed by atoms with Gasteiger partial charge in [-0.3, -0.25) is 0 Å². The summed E-state index contributed by atoms with van der Waals surface area (Å²) in [7, 11) is 1.93. The maximum atomic E-state index is 4.81. The van der Waals surface area contributed by atoms with Gasteiger partial charge in [0.2, 0.25) is 5.95 Å². The van der Waals surface area contributed by atoms with E-state index in [1.807, 2.05) is 7.05 Å². The summed E-state index contributed by atoms with van der Waals surface area (Å²) in [6.07, 6.45) is 5.35. The Morgan fingerprint density at radius 1 is 0.935 bits per heavy atom. The molecule has 1 aliphatic rings. The molecule has 0 radical (unpaired) electrons. The van der Waals surface area contributed by atoms with E-state index in [2.05, 4.69) is 78.7 Å². The molecule has 4 rings (SSSR count). The first-order valence-corrected chi connectivity index (χ1v) is 12.7. The van der Waals surface area contributed by atoms with Crippen LogP contribution in [-0.4, -0.2) is 35.1 Å². The smallest absolute Gasteiger partial charge is 0.225 e. The monoisotopic (exact) mass is 434 g/mol. The van der Waals surface area contributed by atoms with E-state index in [0.717, 1.165) is 41.0 Å². The van der Waals surface area contributed by atoms with Gasteiger partial charge in [0.25, 0.3) is 0 Å². The quantitative estimate of drug-likeness (QED) is 0.417. The van der Waals surface area contributed by atoms with Crippen molar-refractivity contribution < 1.29 is 0 Å². The van der Waals surface area contributed by atoms with Crippen LogP contribution in [-0.2, 0) is 0 Å². The maximum Gasteiger partial charge on any atom is 0.225 e. The summed E-state index contributed by atoms with van der Waals surface area (Å²) in [6.45, 7) is 5.33. The molecule has 0 saturated heterocycles. The van der Waals surface area contributed by atoms with Gasteiger partial charge in [0, 0.05) is 19.0 Å². The Morgan fingerprint density at radius 2 is 1.65 bits per heavy atom. The van der Waals surface area contributed by atoms with Crippen molar-refractivity contribution in [2.24, 2.45) is 11.8 Å². The first kappa shape index (κ1) is 21.9. The number of benzene rings is 2. The molecular weight excluding hydrogens is 400 g/mol. The molecular formula is C26H34N4S. The predicted molar refractivity (Wildman–Crippen MR) is 136 cm³/mol. The topological polar surface area (TPSA) is 49.8 Å². The Morgan fingerprint density at radius 3 is 2.35 bits per heavy atom. The SMILES string of the molecule is CCSCC1CCC(CNc2nc(NC)c3cc(-c4ccc(C)cc4)ccc3n2)CC1. The van der Waals surface area contributed by atoms with E-state index < -0.39 is 0 Å². The lowest BCUT2D eigenvalue weighted by Gasteiger charge is -2.28. The predicted octanol–water partition coefficient (Wildman–Crippen LogP) is 6.62. The Kier molecular flexibility index (Phi) is 7.33. The zero-order valence-electron chi connectivity index (χ0n) is 18.9. The van der Waals surface area contributed by atoms with Crippen LogP contribution in [0.5, 0.6) is 0 Å². The summed E-state index contributed by atoms with van der Waals surface area (Å²) >= 11 is 2.09. The van der Waals surface area contributed by atoms with Crippen LogP contribution in [0.15, 0.2) is 42.5 Å². The molecule has 1 saturated carbocycles. The molecule has 4 nitrogen and oxygen atoms in total. The summed E-state index contributed by atoms with van der Waals surface area (Å²) < 4.78 is 0. The molecule has 2 aromatic carbocycles. The number of nitrogens with one attached hydrogen (secondary N) is 2. The molecule has 0 aliphatic heterocycles. The Balaban J connectivity index is 1.45. The van der Waals surface area contributed by atoms with Crippen molar-refractivity contribution in [2.75, 3.05) is 35.7 Å². The fourth-order valence-corrected chi connectivity index (χ4v) is 5.35. The normalized spacial score (nSPS) is 18.8. The summed E-state index contributed by atoms with van der Waals surface area (Å²) in [6, 6.07) is 15.1. The fourth-order valence-electron chi connectivity index (χ4n) is 4.45. The van der Waals surface area contributed by atoms with Gasteiger partial charge in [-0.1, -0.05) is 42.8 Å². The summed E-state index contributed by atoms with van der Waals surface area (Å²) in [4.78, 5) is 9.58. The molecule has 31 heavy (non-hydrogen) atoms. The van der Waals surface area contributed by atoms with Gasteiger partial charge in [0.15, 0.2) is 0 Å². The van der Waals surface area contributed by atoms with E-state index in [1.165, 1.54) is 53.9 Å². The second-order valence-electron chi connectivity index (χ2n) is 8.67. The number of aromatic nitrogens is 2. The summed E-state index contributed by atoms with van der Waals surface area (Å²) in [5.41, 5.74) is 4.64. The van der Waals surface area contributed by atoms with Crippen molar-refractivity contribution in [2.45, 2.75) is 39.5 Å². The highest BCUT2D eigenvalue weighted by molar-refractivity contribution is 7.99. The Labute approximate surface area is 190 Å². The van der Waals surface area contributed by atoms with Gasteiger partial charge in [-0.2, -0.15) is 16.7 Å². The fraction of sp³-hybridized carbons (Fsp3) is 0.462. The van der Waals surface area contributed by atoms with Crippen LogP contribution in [0.3, 0.4) is 0 Å². The average molecular weight is 435 g/mol. The van der Waals surface area contributed by atoms with Crippen molar-refractivity contribution in [3.8, 4) is 11.1 Å². The molecule has 0 amide bonds. The lowest BCUT2D eigenvalue weighted by Crippen LogP contribution is -2.23. The Bertz CT molecular complexity index is 994. The van der Waals surface area contributed by atoms with E-state index in [9.17, 15) is 0 Å². The molecule has 164 valence electrons. The lowest BCUT2D eigenvalue weighted by atomic mass is 9.83. The molecule has 2 N–H and O–H groups in total. The average Bonchev–Trinajstić information content (AvgIpc) is 2.81. The number of aryl methyl sites for hydroxylation is 1. The molecule has 0 unspecified atom stereocenters. The van der Waals surface area contributed by atoms with Gasteiger partial charge in [-0.25, -0.2) is 4.98 Å². The number of nitrogens with zero attached hydrogens (tertiary/aromatic N) is 2. The van der Waals surface area contributed by atoms with Gasteiger partial charge in [0.1, 0.15) is 5.82 Å². The van der Waals surface area contributed by atoms with E-state index in [0.29, 0.717) is 0 Å². The molecule has 3 aromatic rings. The molecule has 0 bridgehead atoms. The van der Waals surface area contributed by atoms with Crippen LogP contribution in [0.1, 0.15) is 38.2 Å². The molecule has 1 heterocycles. The minimum Gasteiger partial charge on any atom is -0.372 e. The third-order valence-corrected chi connectivity index (χ3v) is 7.51. The first-order valence-electron chi connectivity index (χ1n) is 11.5. The van der Waals surface area contributed by atoms with Crippen LogP contribution >= 0.6 is 11.8 Å². The molecule has 1 fully saturated rings.